The second-order valence-electron chi connectivity index (χ2n) is 12.2. The molecule has 0 radical (unpaired) electrons. The Morgan fingerprint density at radius 2 is 1.79 bits per heavy atom. The number of fused-ring (bicyclic) bond motifs is 1. The van der Waals surface area contributed by atoms with Gasteiger partial charge >= 0.3 is 6.03 Å². The molecule has 252 valence electrons. The number of methoxy groups -OCH3 is 1. The third kappa shape index (κ3) is 8.99. The van der Waals surface area contributed by atoms with Gasteiger partial charge in [-0.1, -0.05) is 48.5 Å². The van der Waals surface area contributed by atoms with Gasteiger partial charge in [0.05, 0.1) is 32.1 Å². The molecule has 4 amide bonds. The number of anilines is 1. The minimum absolute atomic E-state index is 0.174. The van der Waals surface area contributed by atoms with Crippen LogP contribution in [0.3, 0.4) is 0 Å². The number of furan rings is 1. The van der Waals surface area contributed by atoms with E-state index in [9.17, 15) is 14.4 Å². The van der Waals surface area contributed by atoms with Gasteiger partial charge in [-0.25, -0.2) is 4.79 Å². The van der Waals surface area contributed by atoms with Gasteiger partial charge in [-0.05, 0) is 73.4 Å². The number of carbonyl (C=O) groups is 3. The minimum Gasteiger partial charge on any atom is -0.497 e. The van der Waals surface area contributed by atoms with Crippen molar-refractivity contribution in [3.8, 4) is 16.9 Å². The largest absolute Gasteiger partial charge is 0.497 e. The number of hydrogen-bond acceptors (Lipinski definition) is 7. The van der Waals surface area contributed by atoms with Crippen LogP contribution in [0.15, 0.2) is 94.4 Å². The van der Waals surface area contributed by atoms with E-state index in [-0.39, 0.29) is 24.3 Å². The summed E-state index contributed by atoms with van der Waals surface area (Å²) in [6.45, 7) is 7.56. The topological polar surface area (TPSA) is 125 Å². The molecule has 3 aromatic carbocycles. The smallest absolute Gasteiger partial charge is 0.315 e. The van der Waals surface area contributed by atoms with Crippen LogP contribution < -0.4 is 30.9 Å². The van der Waals surface area contributed by atoms with Gasteiger partial charge in [0.15, 0.2) is 0 Å². The Balaban J connectivity index is 1.32. The van der Waals surface area contributed by atoms with E-state index < -0.39 is 11.6 Å². The number of rotatable bonds is 13. The van der Waals surface area contributed by atoms with E-state index in [2.05, 4.69) is 21.3 Å². The molecule has 0 saturated carbocycles. The predicted octanol–water partition coefficient (Wildman–Crippen LogP) is 5.86. The summed E-state index contributed by atoms with van der Waals surface area (Å²) in [4.78, 5) is 42.1. The number of carbonyl (C=O) groups excluding carboxylic acids is 3. The molecule has 4 aromatic rings. The summed E-state index contributed by atoms with van der Waals surface area (Å²) in [5.74, 6) is 1.49. The molecule has 1 aliphatic rings. The van der Waals surface area contributed by atoms with Crippen molar-refractivity contribution in [3.63, 3.8) is 0 Å². The van der Waals surface area contributed by atoms with Crippen molar-refractivity contribution in [2.24, 2.45) is 0 Å². The lowest BCUT2D eigenvalue weighted by atomic mass is 9.98. The zero-order valence-corrected chi connectivity index (χ0v) is 28.6. The molecule has 0 saturated heterocycles. The van der Waals surface area contributed by atoms with Crippen LogP contribution in [0.1, 0.15) is 44.1 Å². The molecule has 11 heteroatoms. The monoisotopic (exact) mass is 669 g/mol. The van der Waals surface area contributed by atoms with Gasteiger partial charge in [0, 0.05) is 35.7 Å². The molecule has 48 heavy (non-hydrogen) atoms. The van der Waals surface area contributed by atoms with Gasteiger partial charge in [0.1, 0.15) is 17.6 Å². The molecule has 1 atom stereocenters. The van der Waals surface area contributed by atoms with Gasteiger partial charge in [-0.2, -0.15) is 0 Å². The van der Waals surface area contributed by atoms with Crippen molar-refractivity contribution in [2.45, 2.75) is 63.3 Å². The Hall–Kier alpha value is -4.74. The molecule has 2 heterocycles. The predicted molar refractivity (Wildman–Crippen MR) is 189 cm³/mol. The van der Waals surface area contributed by atoms with E-state index in [1.807, 2.05) is 99.6 Å². The van der Waals surface area contributed by atoms with Crippen molar-refractivity contribution in [2.75, 3.05) is 24.3 Å². The highest BCUT2D eigenvalue weighted by Gasteiger charge is 2.33. The molecule has 0 fully saturated rings. The number of hydrogen-bond donors (Lipinski definition) is 4. The first-order chi connectivity index (χ1) is 23.2. The third-order valence-electron chi connectivity index (χ3n) is 8.09. The van der Waals surface area contributed by atoms with Crippen LogP contribution in [0.5, 0.6) is 5.75 Å². The number of benzene rings is 3. The van der Waals surface area contributed by atoms with Crippen LogP contribution in [0, 0.1) is 0 Å². The minimum atomic E-state index is -0.717. The van der Waals surface area contributed by atoms with Gasteiger partial charge in [0.2, 0.25) is 5.91 Å². The van der Waals surface area contributed by atoms with Crippen molar-refractivity contribution in [1.82, 2.24) is 21.3 Å². The summed E-state index contributed by atoms with van der Waals surface area (Å²) in [7, 11) is 1.62. The summed E-state index contributed by atoms with van der Waals surface area (Å²) in [5.41, 5.74) is 4.21. The zero-order valence-electron chi connectivity index (χ0n) is 27.8. The molecule has 1 aromatic heterocycles. The molecule has 10 nitrogen and oxygen atoms in total. The van der Waals surface area contributed by atoms with Crippen LogP contribution in [0.2, 0.25) is 0 Å². The van der Waals surface area contributed by atoms with Crippen molar-refractivity contribution in [1.29, 1.82) is 0 Å². The number of amides is 4. The van der Waals surface area contributed by atoms with Gasteiger partial charge in [-0.3, -0.25) is 9.59 Å². The average Bonchev–Trinajstić information content (AvgIpc) is 3.57. The van der Waals surface area contributed by atoms with Crippen LogP contribution in [0.25, 0.3) is 11.1 Å². The lowest BCUT2D eigenvalue weighted by molar-refractivity contribution is -0.127. The number of nitrogens with zero attached hydrogens (tertiary/aromatic N) is 1. The maximum absolute atomic E-state index is 14.2. The molecular weight excluding hydrogens is 627 g/mol. The third-order valence-corrected chi connectivity index (χ3v) is 9.22. The molecule has 1 aliphatic heterocycles. The van der Waals surface area contributed by atoms with E-state index in [0.717, 1.165) is 38.6 Å². The highest BCUT2D eigenvalue weighted by molar-refractivity contribution is 7.99. The fraction of sp³-hybridized carbons (Fsp3) is 0.324. The Labute approximate surface area is 286 Å². The van der Waals surface area contributed by atoms with Crippen molar-refractivity contribution in [3.05, 3.63) is 102 Å². The summed E-state index contributed by atoms with van der Waals surface area (Å²) in [5, 5.41) is 12.0. The second-order valence-corrected chi connectivity index (χ2v) is 13.3. The van der Waals surface area contributed by atoms with Gasteiger partial charge in [-0.15, -0.1) is 11.8 Å². The number of thioether (sulfide) groups is 1. The standard InChI is InChI=1S/C37H43N5O5S/c1-5-38-36(45)39-21-27-9-6-7-11-30(27)26-14-12-25(13-15-26)23-42-32-17-16-28(46-4)19-33(32)48-24-31(35(42)44)41-34(43)20-37(2,3)40-22-29-10-8-18-47-29/h6-19,31,40H,5,20-24H2,1-4H3,(H,41,43)(H2,38,39,45)/t31-/m1/s1. The van der Waals surface area contributed by atoms with Crippen molar-refractivity contribution >= 4 is 35.3 Å². The van der Waals surface area contributed by atoms with Crippen LogP contribution >= 0.6 is 11.8 Å². The Bertz CT molecular complexity index is 1710. The van der Waals surface area contributed by atoms with E-state index >= 15 is 0 Å². The fourth-order valence-corrected chi connectivity index (χ4v) is 6.65. The van der Waals surface area contributed by atoms with Gasteiger partial charge < -0.3 is 35.3 Å². The Morgan fingerprint density at radius 3 is 2.52 bits per heavy atom. The molecule has 5 rings (SSSR count). The molecular formula is C37H43N5O5S. The van der Waals surface area contributed by atoms with E-state index in [0.29, 0.717) is 37.7 Å². The number of nitrogens with one attached hydrogen (secondary N) is 4. The number of ether oxygens (including phenoxy) is 1. The lowest BCUT2D eigenvalue weighted by Gasteiger charge is -2.28. The zero-order chi connectivity index (χ0) is 34.1. The van der Waals surface area contributed by atoms with Crippen LogP contribution in [-0.4, -0.2) is 48.8 Å². The summed E-state index contributed by atoms with van der Waals surface area (Å²) < 4.78 is 10.9. The normalized spacial score (nSPS) is 14.5. The molecule has 0 bridgehead atoms. The molecule has 4 N–H and O–H groups in total. The maximum Gasteiger partial charge on any atom is 0.315 e. The van der Waals surface area contributed by atoms with E-state index in [1.165, 1.54) is 11.8 Å². The first kappa shape index (κ1) is 34.6. The first-order valence-electron chi connectivity index (χ1n) is 16.0. The molecule has 0 unspecified atom stereocenters. The van der Waals surface area contributed by atoms with E-state index in [1.54, 1.807) is 18.3 Å². The molecule has 0 spiro atoms. The molecule has 0 aliphatic carbocycles. The SMILES string of the molecule is CCNC(=O)NCc1ccccc1-c1ccc(CN2C(=O)[C@H](NC(=O)CC(C)(C)NCc3ccco3)CSc3cc(OC)ccc32)cc1. The first-order valence-corrected chi connectivity index (χ1v) is 17.0. The summed E-state index contributed by atoms with van der Waals surface area (Å²) in [6.07, 6.45) is 1.81. The Morgan fingerprint density at radius 1 is 1.00 bits per heavy atom. The highest BCUT2D eigenvalue weighted by Crippen LogP contribution is 2.38. The van der Waals surface area contributed by atoms with Crippen LogP contribution in [0.4, 0.5) is 10.5 Å². The quantitative estimate of drug-likeness (QED) is 0.141. The summed E-state index contributed by atoms with van der Waals surface area (Å²) >= 11 is 1.52. The Kier molecular flexibility index (Phi) is 11.5. The average molecular weight is 670 g/mol. The fourth-order valence-electron chi connectivity index (χ4n) is 5.55. The van der Waals surface area contributed by atoms with Gasteiger partial charge in [0.25, 0.3) is 5.91 Å². The van der Waals surface area contributed by atoms with Crippen LogP contribution in [-0.2, 0) is 29.2 Å². The second kappa shape index (κ2) is 15.9. The highest BCUT2D eigenvalue weighted by atomic mass is 32.2. The maximum atomic E-state index is 14.2. The van der Waals surface area contributed by atoms with E-state index in [4.69, 9.17) is 9.15 Å². The van der Waals surface area contributed by atoms with Crippen molar-refractivity contribution < 1.29 is 23.5 Å². The number of urea groups is 1. The summed E-state index contributed by atoms with van der Waals surface area (Å²) in [6, 6.07) is 24.5. The lowest BCUT2D eigenvalue weighted by Crippen LogP contribution is -2.51.